The van der Waals surface area contributed by atoms with E-state index in [9.17, 15) is 9.59 Å². The number of rotatable bonds is 3. The van der Waals surface area contributed by atoms with Gasteiger partial charge in [-0.2, -0.15) is 4.74 Å². The molecular formula is C10H8ClN3O4. The summed E-state index contributed by atoms with van der Waals surface area (Å²) in [7, 11) is 0. The van der Waals surface area contributed by atoms with Gasteiger partial charge in [-0.15, -0.1) is 10.2 Å². The lowest BCUT2D eigenvalue weighted by molar-refractivity contribution is 0.0523. The van der Waals surface area contributed by atoms with Gasteiger partial charge < -0.3 is 9.26 Å². The zero-order valence-corrected chi connectivity index (χ0v) is 10.0. The molecule has 0 unspecified atom stereocenters. The van der Waals surface area contributed by atoms with Gasteiger partial charge in [-0.05, 0) is 19.1 Å². The van der Waals surface area contributed by atoms with Gasteiger partial charge in [-0.1, -0.05) is 11.6 Å². The minimum Gasteiger partial charge on any atom is -0.462 e. The largest absolute Gasteiger partial charge is 0.462 e. The maximum absolute atomic E-state index is 11.4. The fourth-order valence-corrected chi connectivity index (χ4v) is 1.32. The van der Waals surface area contributed by atoms with Gasteiger partial charge in [0.25, 0.3) is 0 Å². The van der Waals surface area contributed by atoms with E-state index >= 15 is 0 Å². The Balaban J connectivity index is 2.37. The molecule has 0 bridgehead atoms. The van der Waals surface area contributed by atoms with Crippen LogP contribution in [0, 0.1) is 0 Å². The molecule has 2 aromatic heterocycles. The number of ether oxygens (including phenoxy) is 1. The summed E-state index contributed by atoms with van der Waals surface area (Å²) in [4.78, 5) is 22.8. The van der Waals surface area contributed by atoms with E-state index in [0.29, 0.717) is 0 Å². The maximum atomic E-state index is 11.4. The molecule has 0 spiro atoms. The third kappa shape index (κ3) is 2.40. The molecule has 8 heteroatoms. The molecule has 0 aliphatic heterocycles. The molecule has 2 rings (SSSR count). The van der Waals surface area contributed by atoms with Crippen LogP contribution < -0.4 is 5.63 Å². The first-order valence-electron chi connectivity index (χ1n) is 5.01. The minimum absolute atomic E-state index is 0.171. The van der Waals surface area contributed by atoms with Gasteiger partial charge in [0.05, 0.1) is 12.8 Å². The smallest absolute Gasteiger partial charge is 0.372 e. The molecule has 2 aromatic rings. The molecule has 2 heterocycles. The third-order valence-corrected chi connectivity index (χ3v) is 2.19. The fraction of sp³-hybridized carbons (Fsp3) is 0.200. The predicted octanol–water partition coefficient (Wildman–Crippen LogP) is 1.05. The van der Waals surface area contributed by atoms with Crippen molar-refractivity contribution < 1.29 is 14.1 Å². The molecule has 18 heavy (non-hydrogen) atoms. The molecule has 0 atom stereocenters. The highest BCUT2D eigenvalue weighted by Gasteiger charge is 2.17. The molecule has 0 amide bonds. The Morgan fingerprint density at radius 1 is 1.50 bits per heavy atom. The van der Waals surface area contributed by atoms with Crippen molar-refractivity contribution in [1.29, 1.82) is 0 Å². The van der Waals surface area contributed by atoms with Gasteiger partial charge in [0.2, 0.25) is 0 Å². The van der Waals surface area contributed by atoms with Crippen LogP contribution in [-0.2, 0) is 4.74 Å². The van der Waals surface area contributed by atoms with Crippen molar-refractivity contribution in [2.24, 2.45) is 0 Å². The lowest BCUT2D eigenvalue weighted by Gasteiger charge is -1.97. The van der Waals surface area contributed by atoms with Gasteiger partial charge in [0.1, 0.15) is 0 Å². The zero-order chi connectivity index (χ0) is 13.1. The SMILES string of the molecule is CCOC(=O)c1cn(-c2ccc(Cl)nn2)oc1=O. The summed E-state index contributed by atoms with van der Waals surface area (Å²) in [6, 6.07) is 2.97. The van der Waals surface area contributed by atoms with Crippen LogP contribution in [-0.4, -0.2) is 27.5 Å². The summed E-state index contributed by atoms with van der Waals surface area (Å²) in [5.41, 5.74) is -1.00. The molecular weight excluding hydrogens is 262 g/mol. The topological polar surface area (TPSA) is 87.2 Å². The highest BCUT2D eigenvalue weighted by molar-refractivity contribution is 6.29. The normalized spacial score (nSPS) is 10.3. The highest BCUT2D eigenvalue weighted by Crippen LogP contribution is 2.07. The fourth-order valence-electron chi connectivity index (χ4n) is 1.22. The van der Waals surface area contributed by atoms with Crippen LogP contribution in [0.4, 0.5) is 0 Å². The van der Waals surface area contributed by atoms with E-state index in [1.807, 2.05) is 0 Å². The molecule has 0 aromatic carbocycles. The molecule has 0 radical (unpaired) electrons. The molecule has 94 valence electrons. The van der Waals surface area contributed by atoms with Gasteiger partial charge >= 0.3 is 11.6 Å². The molecule has 0 fully saturated rings. The van der Waals surface area contributed by atoms with Crippen molar-refractivity contribution in [3.05, 3.63) is 39.5 Å². The van der Waals surface area contributed by atoms with E-state index in [1.165, 1.54) is 18.3 Å². The number of carbonyl (C=O) groups excluding carboxylic acids is 1. The summed E-state index contributed by atoms with van der Waals surface area (Å²) in [6.45, 7) is 1.81. The Morgan fingerprint density at radius 3 is 2.89 bits per heavy atom. The number of halogens is 1. The van der Waals surface area contributed by atoms with Crippen molar-refractivity contribution in [2.75, 3.05) is 6.61 Å². The first-order valence-corrected chi connectivity index (χ1v) is 5.39. The second-order valence-corrected chi connectivity index (χ2v) is 3.57. The van der Waals surface area contributed by atoms with Crippen LogP contribution in [0.3, 0.4) is 0 Å². The summed E-state index contributed by atoms with van der Waals surface area (Å²) >= 11 is 5.58. The summed E-state index contributed by atoms with van der Waals surface area (Å²) < 4.78 is 10.6. The Hall–Kier alpha value is -2.15. The van der Waals surface area contributed by atoms with Crippen molar-refractivity contribution in [2.45, 2.75) is 6.92 Å². The third-order valence-electron chi connectivity index (χ3n) is 1.99. The number of hydrogen-bond acceptors (Lipinski definition) is 6. The maximum Gasteiger partial charge on any atom is 0.372 e. The van der Waals surface area contributed by atoms with Crippen LogP contribution >= 0.6 is 11.6 Å². The second-order valence-electron chi connectivity index (χ2n) is 3.18. The van der Waals surface area contributed by atoms with E-state index in [1.54, 1.807) is 6.92 Å². The van der Waals surface area contributed by atoms with E-state index in [0.717, 1.165) is 4.74 Å². The highest BCUT2D eigenvalue weighted by atomic mass is 35.5. The van der Waals surface area contributed by atoms with Gasteiger partial charge in [-0.25, -0.2) is 9.59 Å². The van der Waals surface area contributed by atoms with E-state index in [-0.39, 0.29) is 23.1 Å². The average molecular weight is 270 g/mol. The summed E-state index contributed by atoms with van der Waals surface area (Å²) in [6.07, 6.45) is 1.19. The minimum atomic E-state index is -0.801. The molecule has 7 nitrogen and oxygen atoms in total. The van der Waals surface area contributed by atoms with Crippen molar-refractivity contribution in [3.63, 3.8) is 0 Å². The first kappa shape index (κ1) is 12.3. The van der Waals surface area contributed by atoms with Crippen molar-refractivity contribution in [3.8, 4) is 5.82 Å². The molecule has 0 saturated heterocycles. The number of esters is 1. The number of hydrogen-bond donors (Lipinski definition) is 0. The van der Waals surface area contributed by atoms with Crippen LogP contribution in [0.15, 0.2) is 27.6 Å². The second kappa shape index (κ2) is 5.01. The zero-order valence-electron chi connectivity index (χ0n) is 9.29. The molecule has 0 saturated carbocycles. The molecule has 0 aliphatic rings. The van der Waals surface area contributed by atoms with E-state index in [2.05, 4.69) is 10.2 Å². The van der Waals surface area contributed by atoms with Gasteiger partial charge in [0, 0.05) is 0 Å². The Kier molecular flexibility index (Phi) is 3.42. The molecule has 0 aliphatic carbocycles. The van der Waals surface area contributed by atoms with Crippen molar-refractivity contribution >= 4 is 17.6 Å². The number of carbonyl (C=O) groups is 1. The number of nitrogens with zero attached hydrogens (tertiary/aromatic N) is 3. The standard InChI is InChI=1S/C10H8ClN3O4/c1-2-17-9(15)6-5-14(18-10(6)16)8-4-3-7(11)12-13-8/h3-5H,2H2,1H3. The van der Waals surface area contributed by atoms with Crippen LogP contribution in [0.5, 0.6) is 0 Å². The van der Waals surface area contributed by atoms with Crippen LogP contribution in [0.25, 0.3) is 5.82 Å². The quantitative estimate of drug-likeness (QED) is 0.774. The van der Waals surface area contributed by atoms with Crippen LogP contribution in [0.1, 0.15) is 17.3 Å². The van der Waals surface area contributed by atoms with Crippen LogP contribution in [0.2, 0.25) is 5.15 Å². The van der Waals surface area contributed by atoms with Gasteiger partial charge in [0.15, 0.2) is 16.5 Å². The van der Waals surface area contributed by atoms with E-state index < -0.39 is 11.6 Å². The lowest BCUT2D eigenvalue weighted by Crippen LogP contribution is -2.12. The summed E-state index contributed by atoms with van der Waals surface area (Å²) in [5, 5.41) is 7.50. The Bertz CT molecular complexity index is 617. The van der Waals surface area contributed by atoms with Crippen molar-refractivity contribution in [1.82, 2.24) is 14.9 Å². The Labute approximate surface area is 106 Å². The predicted molar refractivity (Wildman–Crippen MR) is 60.9 cm³/mol. The van der Waals surface area contributed by atoms with E-state index in [4.69, 9.17) is 20.9 Å². The summed E-state index contributed by atoms with van der Waals surface area (Å²) in [5.74, 6) is -0.515. The molecule has 0 N–H and O–H groups in total. The lowest BCUT2D eigenvalue weighted by atomic mass is 10.4. The first-order chi connectivity index (χ1) is 8.61. The Morgan fingerprint density at radius 2 is 2.28 bits per heavy atom. The monoisotopic (exact) mass is 269 g/mol. The average Bonchev–Trinajstić information content (AvgIpc) is 2.72. The number of aromatic nitrogens is 3. The van der Waals surface area contributed by atoms with Gasteiger partial charge in [-0.3, -0.25) is 0 Å².